The number of carbonyl (C=O) groups is 1. The fourth-order valence-corrected chi connectivity index (χ4v) is 4.65. The normalized spacial score (nSPS) is 21.4. The number of carbonyl (C=O) groups excluding carboxylic acids is 1. The Morgan fingerprint density at radius 1 is 1.29 bits per heavy atom. The number of likely N-dealkylation sites (tertiary alicyclic amines) is 1. The molecule has 1 amide bonds. The summed E-state index contributed by atoms with van der Waals surface area (Å²) in [4.78, 5) is 14.3. The minimum absolute atomic E-state index is 0.0372. The number of rotatable bonds is 5. The number of piperidine rings is 1. The van der Waals surface area contributed by atoms with Gasteiger partial charge in [0.05, 0.1) is 19.3 Å². The number of hydrogen-bond donors (Lipinski definition) is 1. The second-order valence-corrected chi connectivity index (χ2v) is 10.1. The smallest absolute Gasteiger partial charge is 0.234 e. The number of fused-ring (bicyclic) bond motifs is 1. The van der Waals surface area contributed by atoms with Crippen molar-refractivity contribution in [3.63, 3.8) is 0 Å². The van der Waals surface area contributed by atoms with Crippen molar-refractivity contribution < 1.29 is 17.9 Å². The molecule has 0 bridgehead atoms. The lowest BCUT2D eigenvalue weighted by Gasteiger charge is -2.42. The van der Waals surface area contributed by atoms with E-state index in [1.54, 1.807) is 0 Å². The summed E-state index contributed by atoms with van der Waals surface area (Å²) in [5.41, 5.74) is 0.333. The SMILES string of the molecule is CCC(C)NC(=O)CN1CCC2(CC1)CN(S(C)(=O)=O)Cc1ccccc1O2. The molecular formula is C20H31N3O4S. The zero-order valence-electron chi connectivity index (χ0n) is 17.0. The summed E-state index contributed by atoms with van der Waals surface area (Å²) in [6.07, 6.45) is 3.53. The van der Waals surface area contributed by atoms with Crippen LogP contribution in [0.5, 0.6) is 5.75 Å². The number of hydrogen-bond acceptors (Lipinski definition) is 5. The Balaban J connectivity index is 1.71. The number of nitrogens with zero attached hydrogens (tertiary/aromatic N) is 2. The number of para-hydroxylation sites is 1. The lowest BCUT2D eigenvalue weighted by atomic mass is 9.91. The van der Waals surface area contributed by atoms with Crippen LogP contribution < -0.4 is 10.1 Å². The van der Waals surface area contributed by atoms with E-state index in [2.05, 4.69) is 10.2 Å². The Bertz CT molecular complexity index is 803. The van der Waals surface area contributed by atoms with Crippen molar-refractivity contribution in [2.75, 3.05) is 32.4 Å². The van der Waals surface area contributed by atoms with Crippen molar-refractivity contribution in [3.05, 3.63) is 29.8 Å². The molecule has 1 aromatic rings. The summed E-state index contributed by atoms with van der Waals surface area (Å²) in [6.45, 7) is 6.49. The van der Waals surface area contributed by atoms with Gasteiger partial charge in [-0.05, 0) is 19.4 Å². The minimum atomic E-state index is -3.34. The molecule has 3 rings (SSSR count). The lowest BCUT2D eigenvalue weighted by molar-refractivity contribution is -0.123. The summed E-state index contributed by atoms with van der Waals surface area (Å²) in [6, 6.07) is 7.82. The van der Waals surface area contributed by atoms with E-state index in [1.807, 2.05) is 38.1 Å². The second kappa shape index (κ2) is 8.39. The first-order valence-electron chi connectivity index (χ1n) is 9.94. The number of sulfonamides is 1. The topological polar surface area (TPSA) is 79.0 Å². The van der Waals surface area contributed by atoms with Crippen LogP contribution >= 0.6 is 0 Å². The minimum Gasteiger partial charge on any atom is -0.485 e. The van der Waals surface area contributed by atoms with Gasteiger partial charge in [-0.1, -0.05) is 25.1 Å². The fourth-order valence-electron chi connectivity index (χ4n) is 3.81. The highest BCUT2D eigenvalue weighted by atomic mass is 32.2. The average Bonchev–Trinajstić information content (AvgIpc) is 2.80. The Morgan fingerprint density at radius 2 is 1.96 bits per heavy atom. The van der Waals surface area contributed by atoms with Crippen LogP contribution in [0.1, 0.15) is 38.7 Å². The van der Waals surface area contributed by atoms with Crippen molar-refractivity contribution in [2.45, 2.75) is 51.3 Å². The highest BCUT2D eigenvalue weighted by Crippen LogP contribution is 2.36. The molecule has 1 spiro atoms. The van der Waals surface area contributed by atoms with Gasteiger partial charge in [0.15, 0.2) is 0 Å². The van der Waals surface area contributed by atoms with Crippen LogP contribution in [0.25, 0.3) is 0 Å². The highest BCUT2D eigenvalue weighted by Gasteiger charge is 2.42. The van der Waals surface area contributed by atoms with Gasteiger partial charge < -0.3 is 10.1 Å². The number of benzene rings is 1. The maximum absolute atomic E-state index is 12.3. The Morgan fingerprint density at radius 3 is 2.61 bits per heavy atom. The molecule has 1 fully saturated rings. The molecular weight excluding hydrogens is 378 g/mol. The maximum atomic E-state index is 12.3. The quantitative estimate of drug-likeness (QED) is 0.799. The van der Waals surface area contributed by atoms with Crippen molar-refractivity contribution in [1.29, 1.82) is 0 Å². The molecule has 2 aliphatic rings. The van der Waals surface area contributed by atoms with Gasteiger partial charge in [0.1, 0.15) is 11.4 Å². The first-order valence-corrected chi connectivity index (χ1v) is 11.8. The maximum Gasteiger partial charge on any atom is 0.234 e. The van der Waals surface area contributed by atoms with E-state index in [-0.39, 0.29) is 11.9 Å². The number of nitrogens with one attached hydrogen (secondary N) is 1. The van der Waals surface area contributed by atoms with E-state index in [9.17, 15) is 13.2 Å². The molecule has 1 unspecified atom stereocenters. The zero-order valence-corrected chi connectivity index (χ0v) is 17.8. The van der Waals surface area contributed by atoms with Crippen LogP contribution in [-0.4, -0.2) is 67.6 Å². The van der Waals surface area contributed by atoms with Gasteiger partial charge in [0.25, 0.3) is 0 Å². The van der Waals surface area contributed by atoms with E-state index < -0.39 is 15.6 Å². The van der Waals surface area contributed by atoms with Gasteiger partial charge in [0.2, 0.25) is 15.9 Å². The molecule has 0 radical (unpaired) electrons. The van der Waals surface area contributed by atoms with E-state index in [1.165, 1.54) is 10.6 Å². The molecule has 1 aromatic carbocycles. The van der Waals surface area contributed by atoms with Crippen molar-refractivity contribution in [2.24, 2.45) is 0 Å². The van der Waals surface area contributed by atoms with E-state index in [0.29, 0.717) is 45.6 Å². The number of amides is 1. The van der Waals surface area contributed by atoms with Crippen LogP contribution in [0.3, 0.4) is 0 Å². The first kappa shape index (κ1) is 21.1. The Labute approximate surface area is 168 Å². The zero-order chi connectivity index (χ0) is 20.4. The fraction of sp³-hybridized carbons (Fsp3) is 0.650. The third-order valence-corrected chi connectivity index (χ3v) is 6.93. The molecule has 7 nitrogen and oxygen atoms in total. The summed E-state index contributed by atoms with van der Waals surface area (Å²) in [5.74, 6) is 0.798. The average molecular weight is 410 g/mol. The molecule has 0 aromatic heterocycles. The third-order valence-electron chi connectivity index (χ3n) is 5.73. The Kier molecular flexibility index (Phi) is 6.31. The van der Waals surface area contributed by atoms with Crippen molar-refractivity contribution >= 4 is 15.9 Å². The molecule has 2 heterocycles. The van der Waals surface area contributed by atoms with Gasteiger partial charge >= 0.3 is 0 Å². The van der Waals surface area contributed by atoms with Crippen LogP contribution in [0, 0.1) is 0 Å². The molecule has 1 saturated heterocycles. The highest BCUT2D eigenvalue weighted by molar-refractivity contribution is 7.88. The predicted molar refractivity (Wildman–Crippen MR) is 109 cm³/mol. The first-order chi connectivity index (χ1) is 13.2. The molecule has 1 atom stereocenters. The van der Waals surface area contributed by atoms with E-state index in [4.69, 9.17) is 4.74 Å². The molecule has 28 heavy (non-hydrogen) atoms. The summed E-state index contributed by atoms with van der Waals surface area (Å²) >= 11 is 0. The molecule has 8 heteroatoms. The molecule has 156 valence electrons. The van der Waals surface area contributed by atoms with Gasteiger partial charge in [-0.3, -0.25) is 9.69 Å². The van der Waals surface area contributed by atoms with Crippen molar-refractivity contribution in [3.8, 4) is 5.75 Å². The largest absolute Gasteiger partial charge is 0.485 e. The standard InChI is InChI=1S/C20H31N3O4S/c1-4-16(2)21-19(24)14-22-11-9-20(10-12-22)15-23(28(3,25)26)13-17-7-5-6-8-18(17)27-20/h5-8,16H,4,9-15H2,1-3H3,(H,21,24). The molecule has 0 saturated carbocycles. The summed E-state index contributed by atoms with van der Waals surface area (Å²) < 4.78 is 32.6. The van der Waals surface area contributed by atoms with E-state index in [0.717, 1.165) is 17.7 Å². The van der Waals surface area contributed by atoms with Crippen molar-refractivity contribution in [1.82, 2.24) is 14.5 Å². The molecule has 0 aliphatic carbocycles. The van der Waals surface area contributed by atoms with Gasteiger partial charge in [0, 0.05) is 44.1 Å². The summed E-state index contributed by atoms with van der Waals surface area (Å²) in [7, 11) is -3.34. The van der Waals surface area contributed by atoms with Crippen LogP contribution in [0.4, 0.5) is 0 Å². The van der Waals surface area contributed by atoms with E-state index >= 15 is 0 Å². The van der Waals surface area contributed by atoms with Gasteiger partial charge in [-0.2, -0.15) is 4.31 Å². The van der Waals surface area contributed by atoms with Crippen LogP contribution in [0.2, 0.25) is 0 Å². The van der Waals surface area contributed by atoms with Crippen LogP contribution in [0.15, 0.2) is 24.3 Å². The Hall–Kier alpha value is -1.64. The van der Waals surface area contributed by atoms with Crippen LogP contribution in [-0.2, 0) is 21.4 Å². The lowest BCUT2D eigenvalue weighted by Crippen LogP contribution is -2.55. The molecule has 1 N–H and O–H groups in total. The monoisotopic (exact) mass is 409 g/mol. The van der Waals surface area contributed by atoms with Gasteiger partial charge in [-0.15, -0.1) is 0 Å². The predicted octanol–water partition coefficient (Wildman–Crippen LogP) is 1.59. The number of ether oxygens (including phenoxy) is 1. The molecule has 2 aliphatic heterocycles. The summed E-state index contributed by atoms with van der Waals surface area (Å²) in [5, 5.41) is 3.00. The second-order valence-electron chi connectivity index (χ2n) is 8.08. The van der Waals surface area contributed by atoms with Gasteiger partial charge in [-0.25, -0.2) is 8.42 Å². The third kappa shape index (κ3) is 5.04.